The molecule has 0 radical (unpaired) electrons. The topological polar surface area (TPSA) is 56.7 Å². The molecule has 2 aliphatic rings. The van der Waals surface area contributed by atoms with Crippen LogP contribution in [-0.4, -0.2) is 42.4 Å². The van der Waals surface area contributed by atoms with Crippen LogP contribution >= 0.6 is 11.6 Å². The summed E-state index contributed by atoms with van der Waals surface area (Å²) in [5.41, 5.74) is 3.14. The zero-order valence-electron chi connectivity index (χ0n) is 16.0. The molecule has 1 saturated carbocycles. The van der Waals surface area contributed by atoms with Crippen LogP contribution in [0.2, 0.25) is 5.02 Å². The summed E-state index contributed by atoms with van der Waals surface area (Å²) in [6.45, 7) is 1.92. The van der Waals surface area contributed by atoms with E-state index in [1.54, 1.807) is 0 Å². The molecule has 3 aromatic heterocycles. The van der Waals surface area contributed by atoms with Crippen LogP contribution in [0.15, 0.2) is 49.2 Å². The van der Waals surface area contributed by atoms with Gasteiger partial charge in [0, 0.05) is 30.9 Å². The molecule has 1 aliphatic heterocycles. The highest BCUT2D eigenvalue weighted by molar-refractivity contribution is 6.34. The molecule has 0 unspecified atom stereocenters. The monoisotopic (exact) mass is 407 g/mol. The number of hydrogen-bond donors (Lipinski definition) is 0. The van der Waals surface area contributed by atoms with Crippen LogP contribution in [0.1, 0.15) is 37.8 Å². The molecule has 0 bridgehead atoms. The van der Waals surface area contributed by atoms with Crippen LogP contribution in [0.25, 0.3) is 16.6 Å². The summed E-state index contributed by atoms with van der Waals surface area (Å²) < 4.78 is 6.10. The predicted octanol–water partition coefficient (Wildman–Crippen LogP) is 4.25. The highest BCUT2D eigenvalue weighted by atomic mass is 35.5. The molecule has 1 saturated heterocycles. The molecule has 1 aliphatic carbocycles. The van der Waals surface area contributed by atoms with E-state index < -0.39 is 0 Å². The van der Waals surface area contributed by atoms with Crippen molar-refractivity contribution in [1.29, 1.82) is 0 Å². The average molecular weight is 408 g/mol. The van der Waals surface area contributed by atoms with Crippen molar-refractivity contribution in [3.8, 4) is 5.69 Å². The second kappa shape index (κ2) is 6.62. The number of fused-ring (bicyclic) bond motifs is 1. The summed E-state index contributed by atoms with van der Waals surface area (Å²) >= 11 is 6.67. The minimum absolute atomic E-state index is 0.461. The first-order chi connectivity index (χ1) is 14.3. The third-order valence-corrected chi connectivity index (χ3v) is 6.40. The van der Waals surface area contributed by atoms with Gasteiger partial charge in [-0.1, -0.05) is 11.6 Å². The fourth-order valence-corrected chi connectivity index (χ4v) is 4.62. The molecule has 0 N–H and O–H groups in total. The standard InChI is InChI=1S/C21H22ClN7/c22-19-10-15-12-25-29(18-13-24-28(14-18)16-2-3-16)20(15)11-21(19)26-8-4-17(5-9-26)27-7-1-6-23-27/h1,6-7,10-14,16-17H,2-5,8-9H2. The van der Waals surface area contributed by atoms with E-state index in [0.717, 1.165) is 53.2 Å². The maximum Gasteiger partial charge on any atom is 0.103 e. The fourth-order valence-electron chi connectivity index (χ4n) is 4.33. The first kappa shape index (κ1) is 17.1. The van der Waals surface area contributed by atoms with Crippen molar-refractivity contribution in [2.45, 2.75) is 37.8 Å². The summed E-state index contributed by atoms with van der Waals surface area (Å²) in [5.74, 6) is 0. The molecule has 2 fully saturated rings. The molecule has 0 atom stereocenters. The Bertz CT molecular complexity index is 1150. The van der Waals surface area contributed by atoms with Crippen molar-refractivity contribution >= 4 is 28.2 Å². The lowest BCUT2D eigenvalue weighted by atomic mass is 10.0. The molecule has 4 heterocycles. The van der Waals surface area contributed by atoms with E-state index in [1.165, 1.54) is 12.8 Å². The Labute approximate surface area is 173 Å². The second-order valence-electron chi connectivity index (χ2n) is 8.03. The third kappa shape index (κ3) is 3.00. The molecule has 1 aromatic carbocycles. The fraction of sp³-hybridized carbons (Fsp3) is 0.381. The van der Waals surface area contributed by atoms with Gasteiger partial charge in [-0.25, -0.2) is 4.68 Å². The first-order valence-electron chi connectivity index (χ1n) is 10.2. The van der Waals surface area contributed by atoms with Gasteiger partial charge < -0.3 is 4.90 Å². The van der Waals surface area contributed by atoms with Gasteiger partial charge in [0.2, 0.25) is 0 Å². The van der Waals surface area contributed by atoms with Gasteiger partial charge in [-0.15, -0.1) is 0 Å². The van der Waals surface area contributed by atoms with E-state index in [2.05, 4.69) is 48.0 Å². The Balaban J connectivity index is 1.30. The number of aromatic nitrogens is 6. The van der Waals surface area contributed by atoms with Crippen LogP contribution in [0.5, 0.6) is 0 Å². The lowest BCUT2D eigenvalue weighted by molar-refractivity contribution is 0.367. The summed E-state index contributed by atoms with van der Waals surface area (Å²) in [6.07, 6.45) is 14.3. The smallest absolute Gasteiger partial charge is 0.103 e. The molecule has 4 aromatic rings. The van der Waals surface area contributed by atoms with Gasteiger partial charge in [-0.2, -0.15) is 15.3 Å². The van der Waals surface area contributed by atoms with Gasteiger partial charge in [0.15, 0.2) is 0 Å². The van der Waals surface area contributed by atoms with E-state index in [1.807, 2.05) is 35.4 Å². The van der Waals surface area contributed by atoms with E-state index >= 15 is 0 Å². The van der Waals surface area contributed by atoms with Crippen molar-refractivity contribution in [2.75, 3.05) is 18.0 Å². The Morgan fingerprint density at radius 2 is 1.72 bits per heavy atom. The van der Waals surface area contributed by atoms with Gasteiger partial charge in [-0.05, 0) is 43.9 Å². The Morgan fingerprint density at radius 3 is 2.48 bits per heavy atom. The molecule has 148 valence electrons. The zero-order valence-corrected chi connectivity index (χ0v) is 16.8. The van der Waals surface area contributed by atoms with Gasteiger partial charge >= 0.3 is 0 Å². The number of hydrogen-bond acceptors (Lipinski definition) is 4. The molecular formula is C21H22ClN7. The number of benzene rings is 1. The Morgan fingerprint density at radius 1 is 0.897 bits per heavy atom. The summed E-state index contributed by atoms with van der Waals surface area (Å²) in [4.78, 5) is 2.38. The van der Waals surface area contributed by atoms with E-state index in [0.29, 0.717) is 12.1 Å². The SMILES string of the molecule is Clc1cc2cnn(-c3cnn(C4CC4)c3)c2cc1N1CCC(n2cccn2)CC1. The Kier molecular flexibility index (Phi) is 3.90. The van der Waals surface area contributed by atoms with Crippen LogP contribution in [0, 0.1) is 0 Å². The van der Waals surface area contributed by atoms with Crippen molar-refractivity contribution in [1.82, 2.24) is 29.3 Å². The van der Waals surface area contributed by atoms with Gasteiger partial charge in [0.05, 0.1) is 46.9 Å². The normalized spacial score (nSPS) is 18.0. The first-order valence-corrected chi connectivity index (χ1v) is 10.6. The van der Waals surface area contributed by atoms with Crippen molar-refractivity contribution in [2.24, 2.45) is 0 Å². The van der Waals surface area contributed by atoms with E-state index in [4.69, 9.17) is 11.6 Å². The highest BCUT2D eigenvalue weighted by Gasteiger charge is 2.25. The van der Waals surface area contributed by atoms with Crippen molar-refractivity contribution in [3.63, 3.8) is 0 Å². The summed E-state index contributed by atoms with van der Waals surface area (Å²) in [6, 6.07) is 7.21. The zero-order chi connectivity index (χ0) is 19.4. The van der Waals surface area contributed by atoms with Gasteiger partial charge in [0.1, 0.15) is 5.69 Å². The maximum absolute atomic E-state index is 6.67. The average Bonchev–Trinajstić information content (AvgIpc) is 3.14. The quantitative estimate of drug-likeness (QED) is 0.507. The van der Waals surface area contributed by atoms with Crippen LogP contribution in [0.4, 0.5) is 5.69 Å². The van der Waals surface area contributed by atoms with Gasteiger partial charge in [-0.3, -0.25) is 9.36 Å². The number of nitrogens with zero attached hydrogens (tertiary/aromatic N) is 7. The largest absolute Gasteiger partial charge is 0.370 e. The highest BCUT2D eigenvalue weighted by Crippen LogP contribution is 2.36. The van der Waals surface area contributed by atoms with E-state index in [9.17, 15) is 0 Å². The predicted molar refractivity (Wildman–Crippen MR) is 113 cm³/mol. The minimum Gasteiger partial charge on any atom is -0.370 e. The van der Waals surface area contributed by atoms with Gasteiger partial charge in [0.25, 0.3) is 0 Å². The minimum atomic E-state index is 0.461. The maximum atomic E-state index is 6.67. The molecule has 6 rings (SSSR count). The number of piperidine rings is 1. The molecule has 0 spiro atoms. The number of anilines is 1. The van der Waals surface area contributed by atoms with Crippen molar-refractivity contribution in [3.05, 3.63) is 54.2 Å². The van der Waals surface area contributed by atoms with Crippen LogP contribution < -0.4 is 4.90 Å². The lowest BCUT2D eigenvalue weighted by Crippen LogP contribution is -2.35. The van der Waals surface area contributed by atoms with Crippen LogP contribution in [-0.2, 0) is 0 Å². The summed E-state index contributed by atoms with van der Waals surface area (Å²) in [7, 11) is 0. The molecule has 7 nitrogen and oxygen atoms in total. The second-order valence-corrected chi connectivity index (χ2v) is 8.44. The number of rotatable bonds is 4. The molecule has 29 heavy (non-hydrogen) atoms. The number of halogens is 1. The van der Waals surface area contributed by atoms with Crippen molar-refractivity contribution < 1.29 is 0 Å². The third-order valence-electron chi connectivity index (χ3n) is 6.09. The molecule has 0 amide bonds. The Hall–Kier alpha value is -2.80. The molecular weight excluding hydrogens is 386 g/mol. The summed E-state index contributed by atoms with van der Waals surface area (Å²) in [5, 5.41) is 15.4. The van der Waals surface area contributed by atoms with Crippen LogP contribution in [0.3, 0.4) is 0 Å². The van der Waals surface area contributed by atoms with E-state index in [-0.39, 0.29) is 0 Å². The molecule has 8 heteroatoms. The lowest BCUT2D eigenvalue weighted by Gasteiger charge is -2.34.